The van der Waals surface area contributed by atoms with Crippen molar-refractivity contribution in [3.8, 4) is 5.75 Å². The number of fused-ring (bicyclic) bond motifs is 1. The molecule has 2 aliphatic heterocycles. The second kappa shape index (κ2) is 13.3. The van der Waals surface area contributed by atoms with E-state index in [1.807, 2.05) is 36.4 Å². The van der Waals surface area contributed by atoms with Crippen molar-refractivity contribution in [3.05, 3.63) is 65.2 Å². The number of benzene rings is 2. The van der Waals surface area contributed by atoms with E-state index in [-0.39, 0.29) is 30.6 Å². The van der Waals surface area contributed by atoms with Crippen molar-refractivity contribution in [3.63, 3.8) is 0 Å². The fraction of sp³-hybridized carbons (Fsp3) is 0.605. The van der Waals surface area contributed by atoms with Crippen molar-refractivity contribution in [1.29, 1.82) is 0 Å². The van der Waals surface area contributed by atoms with Gasteiger partial charge in [-0.15, -0.1) is 0 Å². The third-order valence-electron chi connectivity index (χ3n) is 11.7. The first kappa shape index (κ1) is 31.8. The predicted octanol–water partition coefficient (Wildman–Crippen LogP) is 5.83. The molecule has 7 nitrogen and oxygen atoms in total. The number of carbonyl (C=O) groups is 3. The lowest BCUT2D eigenvalue weighted by Crippen LogP contribution is -2.59. The second-order valence-electron chi connectivity index (χ2n) is 14.2. The first-order valence-corrected chi connectivity index (χ1v) is 17.1. The number of likely N-dealkylation sites (tertiary alicyclic amines) is 2. The van der Waals surface area contributed by atoms with Crippen molar-refractivity contribution < 1.29 is 19.1 Å². The Labute approximate surface area is 269 Å². The van der Waals surface area contributed by atoms with Crippen LogP contribution in [0.3, 0.4) is 0 Å². The second-order valence-corrected chi connectivity index (χ2v) is 14.2. The normalized spacial score (nSPS) is 28.4. The average Bonchev–Trinajstić information content (AvgIpc) is 3.76. The maximum absolute atomic E-state index is 13.9. The number of piperidine rings is 1. The number of hydrogen-bond acceptors (Lipinski definition) is 5. The number of hydrogen-bond donors (Lipinski definition) is 1. The maximum Gasteiger partial charge on any atom is 0.334 e. The molecular formula is C38H51N3O4. The van der Waals surface area contributed by atoms with Gasteiger partial charge in [0.25, 0.3) is 0 Å². The highest BCUT2D eigenvalue weighted by Crippen LogP contribution is 2.56. The van der Waals surface area contributed by atoms with Gasteiger partial charge in [0.2, 0.25) is 11.8 Å². The lowest BCUT2D eigenvalue weighted by Gasteiger charge is -2.58. The smallest absolute Gasteiger partial charge is 0.334 e. The summed E-state index contributed by atoms with van der Waals surface area (Å²) in [6.07, 6.45) is 13.0. The van der Waals surface area contributed by atoms with Crippen molar-refractivity contribution in [2.75, 3.05) is 20.1 Å². The monoisotopic (exact) mass is 613 g/mol. The zero-order valence-electron chi connectivity index (χ0n) is 26.1. The van der Waals surface area contributed by atoms with E-state index in [0.717, 1.165) is 57.1 Å². The Morgan fingerprint density at radius 3 is 2.51 bits per heavy atom. The number of ether oxygens (including phenoxy) is 1. The third-order valence-corrected chi connectivity index (χ3v) is 11.7. The summed E-state index contributed by atoms with van der Waals surface area (Å²) in [6, 6.07) is 15.2. The maximum atomic E-state index is 13.9. The summed E-state index contributed by atoms with van der Waals surface area (Å²) in [4.78, 5) is 45.2. The summed E-state index contributed by atoms with van der Waals surface area (Å²) in [5, 5.41) is 3.04. The van der Waals surface area contributed by atoms with Crippen LogP contribution >= 0.6 is 0 Å². The van der Waals surface area contributed by atoms with Gasteiger partial charge >= 0.3 is 5.97 Å². The number of carbonyl (C=O) groups excluding carboxylic acids is 3. The highest BCUT2D eigenvalue weighted by Gasteiger charge is 2.53. The molecule has 2 saturated heterocycles. The molecule has 7 heteroatoms. The molecule has 2 saturated carbocycles. The van der Waals surface area contributed by atoms with Crippen LogP contribution in [0.1, 0.15) is 94.7 Å². The number of amides is 2. The molecule has 0 aromatic heterocycles. The first-order chi connectivity index (χ1) is 21.4. The highest BCUT2D eigenvalue weighted by molar-refractivity contribution is 5.92. The molecule has 2 unspecified atom stereocenters. The van der Waals surface area contributed by atoms with Gasteiger partial charge in [-0.3, -0.25) is 9.59 Å². The van der Waals surface area contributed by atoms with Crippen LogP contribution in [-0.2, 0) is 32.6 Å². The Morgan fingerprint density at radius 1 is 0.933 bits per heavy atom. The van der Waals surface area contributed by atoms with Gasteiger partial charge in [0.1, 0.15) is 17.8 Å². The van der Waals surface area contributed by atoms with Gasteiger partial charge in [-0.25, -0.2) is 4.79 Å². The van der Waals surface area contributed by atoms with E-state index in [1.165, 1.54) is 36.8 Å². The topological polar surface area (TPSA) is 79.0 Å². The molecule has 4 fully saturated rings. The number of esters is 1. The fourth-order valence-electron chi connectivity index (χ4n) is 9.45. The van der Waals surface area contributed by atoms with E-state index >= 15 is 0 Å². The molecule has 3 aliphatic carbocycles. The van der Waals surface area contributed by atoms with E-state index in [4.69, 9.17) is 4.74 Å². The van der Waals surface area contributed by atoms with Crippen molar-refractivity contribution >= 4 is 17.8 Å². The Hall–Kier alpha value is -3.19. The number of nitrogens with one attached hydrogen (secondary N) is 1. The van der Waals surface area contributed by atoms with E-state index in [1.54, 1.807) is 4.90 Å². The Kier molecular flexibility index (Phi) is 9.37. The van der Waals surface area contributed by atoms with Crippen molar-refractivity contribution in [2.45, 2.75) is 114 Å². The largest absolute Gasteiger partial charge is 0.425 e. The summed E-state index contributed by atoms with van der Waals surface area (Å²) in [5.41, 5.74) is 3.89. The highest BCUT2D eigenvalue weighted by atomic mass is 16.5. The van der Waals surface area contributed by atoms with Crippen LogP contribution in [0.4, 0.5) is 0 Å². The molecule has 5 aliphatic rings. The molecule has 45 heavy (non-hydrogen) atoms. The molecule has 2 amide bonds. The molecule has 5 atom stereocenters. The molecule has 1 N–H and O–H groups in total. The molecule has 2 bridgehead atoms. The van der Waals surface area contributed by atoms with Gasteiger partial charge < -0.3 is 19.9 Å². The summed E-state index contributed by atoms with van der Waals surface area (Å²) in [6.45, 7) is 1.72. The zero-order valence-corrected chi connectivity index (χ0v) is 26.1. The van der Waals surface area contributed by atoms with Gasteiger partial charge in [-0.2, -0.15) is 0 Å². The first-order valence-electron chi connectivity index (χ1n) is 17.1. The van der Waals surface area contributed by atoms with Crippen LogP contribution in [0.15, 0.2) is 48.5 Å². The molecule has 0 spiro atoms. The van der Waals surface area contributed by atoms with Crippen molar-refractivity contribution in [2.24, 2.45) is 11.8 Å². The number of likely N-dealkylation sites (N-methyl/N-ethyl adjacent to an activating group) is 1. The number of nitrogens with zero attached hydrogens (tertiary/aromatic N) is 2. The average molecular weight is 614 g/mol. The van der Waals surface area contributed by atoms with E-state index in [0.29, 0.717) is 37.1 Å². The molecule has 242 valence electrons. The van der Waals surface area contributed by atoms with Crippen LogP contribution in [0.2, 0.25) is 0 Å². The third kappa shape index (κ3) is 6.05. The summed E-state index contributed by atoms with van der Waals surface area (Å²) >= 11 is 0. The molecule has 2 aromatic carbocycles. The Morgan fingerprint density at radius 2 is 1.71 bits per heavy atom. The van der Waals surface area contributed by atoms with Crippen molar-refractivity contribution in [1.82, 2.24) is 15.1 Å². The fourth-order valence-corrected chi connectivity index (χ4v) is 9.45. The van der Waals surface area contributed by atoms with Crippen LogP contribution in [-0.4, -0.2) is 65.8 Å². The minimum absolute atomic E-state index is 0. The predicted molar refractivity (Wildman–Crippen MR) is 176 cm³/mol. The lowest BCUT2D eigenvalue weighted by molar-refractivity contribution is -0.143. The van der Waals surface area contributed by atoms with Crippen LogP contribution in [0, 0.1) is 11.8 Å². The molecule has 2 aromatic rings. The van der Waals surface area contributed by atoms with E-state index < -0.39 is 18.1 Å². The van der Waals surface area contributed by atoms with E-state index in [2.05, 4.69) is 29.4 Å². The molecule has 7 rings (SSSR count). The lowest BCUT2D eigenvalue weighted by atomic mass is 9.52. The van der Waals surface area contributed by atoms with Crippen LogP contribution in [0.25, 0.3) is 0 Å². The van der Waals surface area contributed by atoms with E-state index in [9.17, 15) is 14.4 Å². The standard InChI is InChI=1S/C37H47N3O4.CH4/c1-39-21-19-37-18-8-7-14-29(37)33(39)23-27-16-17-28(24-30(27)37)44-36(43)31(22-25-10-3-2-4-11-25)38-34(41)32-15-9-20-40(32)35(42)26-12-5-6-13-26;/h2-4,10-11,16-17,24,26,29,31-33H,5-9,12-15,18-23H2,1H3,(H,38,41);1H4/t29-,31?,32?,33+,37+;/m0./s1. The van der Waals surface area contributed by atoms with Gasteiger partial charge in [0, 0.05) is 30.3 Å². The molecular weight excluding hydrogens is 562 g/mol. The number of rotatable bonds is 7. The Balaban J connectivity index is 0.00000357. The van der Waals surface area contributed by atoms with Gasteiger partial charge in [-0.05, 0) is 99.7 Å². The quantitative estimate of drug-likeness (QED) is 0.314. The minimum atomic E-state index is -0.849. The van der Waals surface area contributed by atoms with Gasteiger partial charge in [0.05, 0.1) is 0 Å². The summed E-state index contributed by atoms with van der Waals surface area (Å²) in [7, 11) is 2.28. The van der Waals surface area contributed by atoms with Gasteiger partial charge in [0.15, 0.2) is 0 Å². The summed E-state index contributed by atoms with van der Waals surface area (Å²) in [5.74, 6) is 0.645. The Bertz CT molecular complexity index is 1390. The SMILES string of the molecule is C.CN1CC[C@]23CCCC[C@H]2[C@H]1Cc1ccc(OC(=O)C(Cc2ccccc2)NC(=O)C2CCCN2C(=O)C2CCCC2)cc13. The van der Waals surface area contributed by atoms with Crippen LogP contribution in [0.5, 0.6) is 5.75 Å². The van der Waals surface area contributed by atoms with Crippen LogP contribution < -0.4 is 10.1 Å². The summed E-state index contributed by atoms with van der Waals surface area (Å²) < 4.78 is 6.12. The van der Waals surface area contributed by atoms with Gasteiger partial charge in [-0.1, -0.05) is 69.5 Å². The zero-order chi connectivity index (χ0) is 30.3. The minimum Gasteiger partial charge on any atom is -0.425 e. The molecule has 0 radical (unpaired) electrons. The molecule has 2 heterocycles.